The Morgan fingerprint density at radius 3 is 2.69 bits per heavy atom. The van der Waals surface area contributed by atoms with E-state index in [1.807, 2.05) is 6.92 Å². The van der Waals surface area contributed by atoms with Crippen LogP contribution in [0.1, 0.15) is 39.5 Å². The molecule has 0 aromatic heterocycles. The second-order valence-corrected chi connectivity index (χ2v) is 4.97. The molecule has 94 valence electrons. The summed E-state index contributed by atoms with van der Waals surface area (Å²) in [5.74, 6) is 0.180. The number of rotatable bonds is 7. The van der Waals surface area contributed by atoms with Crippen LogP contribution in [0.15, 0.2) is 0 Å². The van der Waals surface area contributed by atoms with Crippen LogP contribution < -0.4 is 5.32 Å². The molecule has 0 spiro atoms. The number of carbonyl (C=O) groups is 1. The zero-order valence-corrected chi connectivity index (χ0v) is 10.5. The topological polar surface area (TPSA) is 58.6 Å². The minimum atomic E-state index is -0.740. The molecule has 1 aliphatic carbocycles. The predicted molar refractivity (Wildman–Crippen MR) is 62.1 cm³/mol. The molecule has 0 aromatic carbocycles. The van der Waals surface area contributed by atoms with Crippen LogP contribution in [0.2, 0.25) is 0 Å². The third-order valence-corrected chi connectivity index (χ3v) is 3.04. The quantitative estimate of drug-likeness (QED) is 0.641. The Morgan fingerprint density at radius 2 is 2.25 bits per heavy atom. The van der Waals surface area contributed by atoms with Crippen LogP contribution in [0.4, 0.5) is 0 Å². The Bertz CT molecular complexity index is 236. The number of ether oxygens (including phenoxy) is 1. The molecule has 0 heterocycles. The molecule has 0 radical (unpaired) electrons. The molecule has 2 atom stereocenters. The normalized spacial score (nSPS) is 21.2. The molecular weight excluding hydrogens is 206 g/mol. The van der Waals surface area contributed by atoms with E-state index in [2.05, 4.69) is 5.32 Å². The van der Waals surface area contributed by atoms with Crippen molar-refractivity contribution in [2.24, 2.45) is 5.92 Å². The lowest BCUT2D eigenvalue weighted by atomic mass is 10.00. The number of nitrogens with one attached hydrogen (secondary N) is 1. The molecule has 1 aliphatic rings. The molecule has 2 N–H and O–H groups in total. The van der Waals surface area contributed by atoms with Gasteiger partial charge in [-0.15, -0.1) is 0 Å². The minimum absolute atomic E-state index is 0.213. The zero-order chi connectivity index (χ0) is 12.2. The number of aliphatic hydroxyl groups is 1. The van der Waals surface area contributed by atoms with Gasteiger partial charge in [0.1, 0.15) is 6.04 Å². The average Bonchev–Trinajstić information content (AvgIpc) is 3.01. The lowest BCUT2D eigenvalue weighted by Gasteiger charge is -2.26. The van der Waals surface area contributed by atoms with Gasteiger partial charge in [0.05, 0.1) is 12.7 Å². The van der Waals surface area contributed by atoms with E-state index in [9.17, 15) is 9.90 Å². The summed E-state index contributed by atoms with van der Waals surface area (Å²) >= 11 is 0. The summed E-state index contributed by atoms with van der Waals surface area (Å²) < 4.78 is 4.76. The van der Waals surface area contributed by atoms with E-state index in [1.165, 1.54) is 7.11 Å². The number of carbonyl (C=O) groups excluding carboxylic acids is 1. The molecule has 4 heteroatoms. The van der Waals surface area contributed by atoms with Crippen molar-refractivity contribution in [2.75, 3.05) is 13.7 Å². The molecule has 16 heavy (non-hydrogen) atoms. The lowest BCUT2D eigenvalue weighted by Crippen LogP contribution is -2.47. The van der Waals surface area contributed by atoms with Gasteiger partial charge in [-0.3, -0.25) is 4.79 Å². The third-order valence-electron chi connectivity index (χ3n) is 3.04. The summed E-state index contributed by atoms with van der Waals surface area (Å²) in [6.07, 6.45) is 3.81. The Kier molecular flexibility index (Phi) is 4.74. The number of esters is 1. The maximum atomic E-state index is 11.5. The van der Waals surface area contributed by atoms with Gasteiger partial charge in [0.15, 0.2) is 0 Å². The Labute approximate surface area is 97.4 Å². The summed E-state index contributed by atoms with van der Waals surface area (Å²) in [5, 5.41) is 13.1. The van der Waals surface area contributed by atoms with Crippen LogP contribution >= 0.6 is 0 Å². The predicted octanol–water partition coefficient (Wildman–Crippen LogP) is 1.08. The van der Waals surface area contributed by atoms with Crippen molar-refractivity contribution in [1.29, 1.82) is 0 Å². The maximum absolute atomic E-state index is 11.5. The number of hydrogen-bond acceptors (Lipinski definition) is 4. The van der Waals surface area contributed by atoms with Crippen molar-refractivity contribution in [3.8, 4) is 0 Å². The Balaban J connectivity index is 2.40. The number of methoxy groups -OCH3 is 1. The summed E-state index contributed by atoms with van der Waals surface area (Å²) in [5.41, 5.74) is -0.740. The SMILES string of the molecule is CCCC(C)(O)CNC(C(=O)OC)C1CC1. The van der Waals surface area contributed by atoms with E-state index in [4.69, 9.17) is 4.74 Å². The molecular formula is C12H23NO3. The summed E-state index contributed by atoms with van der Waals surface area (Å²) in [4.78, 5) is 11.5. The highest BCUT2D eigenvalue weighted by atomic mass is 16.5. The van der Waals surface area contributed by atoms with Crippen LogP contribution in [0.3, 0.4) is 0 Å². The van der Waals surface area contributed by atoms with Gasteiger partial charge in [-0.05, 0) is 32.1 Å². The van der Waals surface area contributed by atoms with E-state index in [0.717, 1.165) is 25.7 Å². The van der Waals surface area contributed by atoms with Crippen molar-refractivity contribution in [3.63, 3.8) is 0 Å². The van der Waals surface area contributed by atoms with Gasteiger partial charge >= 0.3 is 5.97 Å². The summed E-state index contributed by atoms with van der Waals surface area (Å²) in [6.45, 7) is 4.27. The van der Waals surface area contributed by atoms with Crippen molar-refractivity contribution < 1.29 is 14.6 Å². The molecule has 0 saturated heterocycles. The average molecular weight is 229 g/mol. The lowest BCUT2D eigenvalue weighted by molar-refractivity contribution is -0.144. The van der Waals surface area contributed by atoms with Gasteiger partial charge < -0.3 is 15.2 Å². The van der Waals surface area contributed by atoms with Gasteiger partial charge in [0.25, 0.3) is 0 Å². The minimum Gasteiger partial charge on any atom is -0.468 e. The Hall–Kier alpha value is -0.610. The van der Waals surface area contributed by atoms with Crippen molar-refractivity contribution >= 4 is 5.97 Å². The van der Waals surface area contributed by atoms with Crippen LogP contribution in [0.25, 0.3) is 0 Å². The van der Waals surface area contributed by atoms with Gasteiger partial charge in [-0.25, -0.2) is 0 Å². The maximum Gasteiger partial charge on any atom is 0.323 e. The molecule has 0 amide bonds. The smallest absolute Gasteiger partial charge is 0.323 e. The Morgan fingerprint density at radius 1 is 1.62 bits per heavy atom. The zero-order valence-electron chi connectivity index (χ0n) is 10.5. The molecule has 2 unspecified atom stereocenters. The fraction of sp³-hybridized carbons (Fsp3) is 0.917. The first kappa shape index (κ1) is 13.5. The van der Waals surface area contributed by atoms with Crippen LogP contribution in [-0.4, -0.2) is 36.4 Å². The van der Waals surface area contributed by atoms with E-state index in [-0.39, 0.29) is 12.0 Å². The summed E-state index contributed by atoms with van der Waals surface area (Å²) in [7, 11) is 1.41. The van der Waals surface area contributed by atoms with E-state index in [0.29, 0.717) is 12.5 Å². The van der Waals surface area contributed by atoms with Gasteiger partial charge in [0, 0.05) is 6.54 Å². The van der Waals surface area contributed by atoms with Crippen molar-refractivity contribution in [2.45, 2.75) is 51.2 Å². The van der Waals surface area contributed by atoms with E-state index >= 15 is 0 Å². The second-order valence-electron chi connectivity index (χ2n) is 4.97. The van der Waals surface area contributed by atoms with Crippen LogP contribution in [0, 0.1) is 5.92 Å². The highest BCUT2D eigenvalue weighted by Gasteiger charge is 2.37. The van der Waals surface area contributed by atoms with Crippen molar-refractivity contribution in [1.82, 2.24) is 5.32 Å². The van der Waals surface area contributed by atoms with Crippen LogP contribution in [0.5, 0.6) is 0 Å². The fourth-order valence-corrected chi connectivity index (χ4v) is 1.96. The van der Waals surface area contributed by atoms with E-state index < -0.39 is 5.60 Å². The summed E-state index contributed by atoms with van der Waals surface area (Å²) in [6, 6.07) is -0.242. The molecule has 4 nitrogen and oxygen atoms in total. The first-order valence-electron chi connectivity index (χ1n) is 6.04. The van der Waals surface area contributed by atoms with Gasteiger partial charge in [-0.2, -0.15) is 0 Å². The molecule has 0 bridgehead atoms. The highest BCUT2D eigenvalue weighted by Crippen LogP contribution is 2.33. The van der Waals surface area contributed by atoms with E-state index in [1.54, 1.807) is 6.92 Å². The molecule has 0 aromatic rings. The monoisotopic (exact) mass is 229 g/mol. The van der Waals surface area contributed by atoms with Crippen LogP contribution in [-0.2, 0) is 9.53 Å². The first-order chi connectivity index (χ1) is 7.50. The van der Waals surface area contributed by atoms with Gasteiger partial charge in [-0.1, -0.05) is 13.3 Å². The second kappa shape index (κ2) is 5.64. The molecule has 1 saturated carbocycles. The van der Waals surface area contributed by atoms with Gasteiger partial charge in [0.2, 0.25) is 0 Å². The highest BCUT2D eigenvalue weighted by molar-refractivity contribution is 5.76. The number of hydrogen-bond donors (Lipinski definition) is 2. The third kappa shape index (κ3) is 4.10. The standard InChI is InChI=1S/C12H23NO3/c1-4-7-12(2,15)8-13-10(9-5-6-9)11(14)16-3/h9-10,13,15H,4-8H2,1-3H3. The molecule has 0 aliphatic heterocycles. The molecule has 1 fully saturated rings. The largest absolute Gasteiger partial charge is 0.468 e. The van der Waals surface area contributed by atoms with Crippen molar-refractivity contribution in [3.05, 3.63) is 0 Å². The fourth-order valence-electron chi connectivity index (χ4n) is 1.96. The first-order valence-corrected chi connectivity index (χ1v) is 6.04. The molecule has 1 rings (SSSR count).